The molecular weight excluding hydrogens is 1780 g/mol. The van der Waals surface area contributed by atoms with Crippen molar-refractivity contribution in [2.45, 2.75) is 0 Å². The van der Waals surface area contributed by atoms with Crippen LogP contribution in [-0.4, -0.2) is 0 Å². The van der Waals surface area contributed by atoms with Crippen LogP contribution in [0, 0.1) is 0 Å². The van der Waals surface area contributed by atoms with Crippen LogP contribution in [0.5, 0.6) is 0 Å². The van der Waals surface area contributed by atoms with Crippen LogP contribution in [-0.2, 0) is 0 Å². The van der Waals surface area contributed by atoms with Gasteiger partial charge in [0.15, 0.2) is 0 Å². The predicted molar refractivity (Wildman–Crippen MR) is 626 cm³/mol. The smallest absolute Gasteiger partial charge is 0.135 e. The summed E-state index contributed by atoms with van der Waals surface area (Å²) in [5.74, 6) is 0. The lowest BCUT2D eigenvalue weighted by Crippen LogP contribution is -1.93. The van der Waals surface area contributed by atoms with Gasteiger partial charge in [-0.3, -0.25) is 0 Å². The minimum atomic E-state index is 0.909. The van der Waals surface area contributed by atoms with Crippen LogP contribution in [0.3, 0.4) is 0 Å². The average molecular weight is 1870 g/mol. The van der Waals surface area contributed by atoms with Crippen LogP contribution in [0.15, 0.2) is 547 Å². The second kappa shape index (κ2) is 34.8. The van der Waals surface area contributed by atoms with Crippen molar-refractivity contribution in [3.05, 3.63) is 534 Å². The number of rotatable bonds is 10. The molecule has 31 rings (SSSR count). The van der Waals surface area contributed by atoms with E-state index >= 15 is 0 Å². The largest absolute Gasteiger partial charge is 0.456 e. The highest BCUT2D eigenvalue weighted by molar-refractivity contribution is 6.29. The number of hydrogen-bond donors (Lipinski definition) is 0. The van der Waals surface area contributed by atoms with E-state index in [0.29, 0.717) is 0 Å². The van der Waals surface area contributed by atoms with E-state index in [9.17, 15) is 0 Å². The Balaban J connectivity index is 0.000000105. The molecule has 682 valence electrons. The predicted octanol–water partition coefficient (Wildman–Crippen LogP) is 41.3. The molecule has 28 aromatic carbocycles. The third-order valence-electron chi connectivity index (χ3n) is 30.6. The first kappa shape index (κ1) is 84.5. The lowest BCUT2D eigenvalue weighted by molar-refractivity contribution is 0.668. The Morgan fingerprint density at radius 2 is 0.333 bits per heavy atom. The molecule has 0 saturated heterocycles. The lowest BCUT2D eigenvalue weighted by Gasteiger charge is -2.20. The summed E-state index contributed by atoms with van der Waals surface area (Å²) in [5, 5.41) is 36.9. The fraction of sp³-hybridized carbons (Fsp3) is 0. The van der Waals surface area contributed by atoms with Crippen molar-refractivity contribution < 1.29 is 13.3 Å². The first-order chi connectivity index (χ1) is 72.9. The Morgan fingerprint density at radius 3 is 0.707 bits per heavy atom. The van der Waals surface area contributed by atoms with E-state index in [0.717, 1.165) is 65.8 Å². The quantitative estimate of drug-likeness (QED) is 0.101. The molecule has 0 atom stereocenters. The molecule has 0 saturated carbocycles. The molecule has 0 unspecified atom stereocenters. The minimum Gasteiger partial charge on any atom is -0.456 e. The third-order valence-corrected chi connectivity index (χ3v) is 30.6. The van der Waals surface area contributed by atoms with Gasteiger partial charge in [0.05, 0.1) is 0 Å². The Kier molecular flexibility index (Phi) is 20.0. The van der Waals surface area contributed by atoms with E-state index in [4.69, 9.17) is 13.3 Å². The molecule has 0 bridgehead atoms. The maximum Gasteiger partial charge on any atom is 0.135 e. The van der Waals surface area contributed by atoms with Gasteiger partial charge in [-0.05, 0) is 350 Å². The second-order valence-corrected chi connectivity index (χ2v) is 38.9. The fourth-order valence-electron chi connectivity index (χ4n) is 24.0. The van der Waals surface area contributed by atoms with Crippen LogP contribution >= 0.6 is 0 Å². The monoisotopic (exact) mass is 1860 g/mol. The topological polar surface area (TPSA) is 39.4 Å². The zero-order chi connectivity index (χ0) is 96.7. The first-order valence-electron chi connectivity index (χ1n) is 50.6. The molecule has 0 radical (unpaired) electrons. The van der Waals surface area contributed by atoms with Crippen molar-refractivity contribution in [2.75, 3.05) is 0 Å². The van der Waals surface area contributed by atoms with Crippen molar-refractivity contribution in [1.82, 2.24) is 0 Å². The van der Waals surface area contributed by atoms with E-state index in [2.05, 4.69) is 497 Å². The van der Waals surface area contributed by atoms with Gasteiger partial charge in [-0.1, -0.05) is 425 Å². The second-order valence-electron chi connectivity index (χ2n) is 38.9. The van der Waals surface area contributed by atoms with Gasteiger partial charge in [0.1, 0.15) is 33.5 Å². The molecular formula is C144H88O3. The van der Waals surface area contributed by atoms with Crippen molar-refractivity contribution in [1.29, 1.82) is 0 Å². The van der Waals surface area contributed by atoms with Crippen LogP contribution in [0.25, 0.3) is 306 Å². The Labute approximate surface area is 847 Å². The zero-order valence-electron chi connectivity index (χ0n) is 80.0. The molecule has 0 aliphatic heterocycles. The SMILES string of the molecule is c1cc(-c2c3ccccc3c(-c3cc(-c4ccc5oc6ccccc6c5c4)cc4ccccc34)c3ccccc23)cc(-c2cc3ccccc3c3ccccc23)c1.c1ccc(-c2c3ccccc3c(-c3cc(-c4ccc5oc6ccccc6c5c4)cc4ccccc34)c3ccccc23)cc1.c1ccc2cc(-c3c4ccccc4c(-c4cc(-c5ccc6oc7ccccc7c6c5)cc5ccccc45)c4ccccc34)ccc2c1. The molecule has 0 amide bonds. The summed E-state index contributed by atoms with van der Waals surface area (Å²) >= 11 is 0. The number of para-hydroxylation sites is 3. The summed E-state index contributed by atoms with van der Waals surface area (Å²) in [6.07, 6.45) is 0. The van der Waals surface area contributed by atoms with Crippen molar-refractivity contribution in [3.8, 4) is 111 Å². The Hall–Kier alpha value is -19.3. The number of furan rings is 3. The van der Waals surface area contributed by atoms with Gasteiger partial charge in [-0.25, -0.2) is 0 Å². The fourth-order valence-corrected chi connectivity index (χ4v) is 24.0. The van der Waals surface area contributed by atoms with Gasteiger partial charge >= 0.3 is 0 Å². The molecule has 3 heterocycles. The highest BCUT2D eigenvalue weighted by Crippen LogP contribution is 2.54. The molecule has 147 heavy (non-hydrogen) atoms. The molecule has 31 aromatic rings. The summed E-state index contributed by atoms with van der Waals surface area (Å²) in [7, 11) is 0. The Bertz CT molecular complexity index is 10700. The molecule has 0 fully saturated rings. The van der Waals surface area contributed by atoms with Crippen molar-refractivity contribution >= 4 is 195 Å². The summed E-state index contributed by atoms with van der Waals surface area (Å²) in [6.45, 7) is 0. The highest BCUT2D eigenvalue weighted by Gasteiger charge is 2.27. The van der Waals surface area contributed by atoms with Gasteiger partial charge in [0.2, 0.25) is 0 Å². The number of hydrogen-bond acceptors (Lipinski definition) is 3. The summed E-state index contributed by atoms with van der Waals surface area (Å²) in [6, 6.07) is 194. The van der Waals surface area contributed by atoms with Crippen LogP contribution in [0.1, 0.15) is 0 Å². The maximum atomic E-state index is 6.22. The van der Waals surface area contributed by atoms with Crippen LogP contribution in [0.4, 0.5) is 0 Å². The molecule has 0 spiro atoms. The standard InChI is InChI=1S/C56H34O.C46H28O.C42H26O/c1-4-19-42-36(14-1)31-40(35-28-29-54-51(32-35)45-22-11-12-27-53(45)57-54)34-52(42)56-48-25-9-7-23-46(48)55(47-24-8-10-26-49(47)56)39-17-13-16-37(30-39)50-33-38-15-2-3-18-41(38)43-20-5-6-21-44(43)50;1-2-12-30-25-33(22-21-29(30)11-1)45-37-16-5-7-18-39(37)46(40-19-8-6-17-38(40)45)42-28-34(26-32-13-3-4-14-35(32)42)31-23-24-44-41(27-31)36-15-9-10-20-43(36)47-44;1-2-12-27(13-3-1)41-33-17-6-8-19-35(33)42(36-20-9-7-18-34(36)41)38-26-30(24-29-14-4-5-15-31(29)38)28-22-23-40-37(25-28)32-16-10-11-21-39(32)43-40/h1-34H;1-28H;1-26H. The van der Waals surface area contributed by atoms with Crippen molar-refractivity contribution in [2.24, 2.45) is 0 Å². The minimum absolute atomic E-state index is 0.909. The molecule has 3 nitrogen and oxygen atoms in total. The molecule has 0 aliphatic carbocycles. The summed E-state index contributed by atoms with van der Waals surface area (Å²) < 4.78 is 18.5. The highest BCUT2D eigenvalue weighted by atomic mass is 16.3. The average Bonchev–Trinajstić information content (AvgIpc) is 1.52. The van der Waals surface area contributed by atoms with Crippen LogP contribution < -0.4 is 0 Å². The molecule has 0 N–H and O–H groups in total. The van der Waals surface area contributed by atoms with Gasteiger partial charge in [-0.15, -0.1) is 0 Å². The molecule has 0 aliphatic rings. The van der Waals surface area contributed by atoms with E-state index < -0.39 is 0 Å². The number of fused-ring (bicyclic) bond motifs is 22. The first-order valence-corrected chi connectivity index (χ1v) is 50.6. The molecule has 3 aromatic heterocycles. The van der Waals surface area contributed by atoms with Crippen LogP contribution in [0.2, 0.25) is 0 Å². The normalized spacial score (nSPS) is 11.8. The van der Waals surface area contributed by atoms with E-state index in [-0.39, 0.29) is 0 Å². The van der Waals surface area contributed by atoms with E-state index in [1.165, 1.54) is 241 Å². The Morgan fingerprint density at radius 1 is 0.0884 bits per heavy atom. The van der Waals surface area contributed by atoms with Gasteiger partial charge < -0.3 is 13.3 Å². The number of benzene rings is 28. The maximum absolute atomic E-state index is 6.22. The van der Waals surface area contributed by atoms with Crippen molar-refractivity contribution in [3.63, 3.8) is 0 Å². The third kappa shape index (κ3) is 14.3. The summed E-state index contributed by atoms with van der Waals surface area (Å²) in [5.41, 5.74) is 30.1. The van der Waals surface area contributed by atoms with E-state index in [1.807, 2.05) is 36.4 Å². The summed E-state index contributed by atoms with van der Waals surface area (Å²) in [4.78, 5) is 0. The lowest BCUT2D eigenvalue weighted by atomic mass is 9.83. The van der Waals surface area contributed by atoms with Gasteiger partial charge in [-0.2, -0.15) is 0 Å². The zero-order valence-corrected chi connectivity index (χ0v) is 80.0. The van der Waals surface area contributed by atoms with E-state index in [1.54, 1.807) is 0 Å². The van der Waals surface area contributed by atoms with Gasteiger partial charge in [0, 0.05) is 32.3 Å². The van der Waals surface area contributed by atoms with Gasteiger partial charge in [0.25, 0.3) is 0 Å². The molecule has 3 heteroatoms.